The largest absolute Gasteiger partial charge is 0.486 e. The van der Waals surface area contributed by atoms with E-state index in [-0.39, 0.29) is 0 Å². The highest BCUT2D eigenvalue weighted by atomic mass is 16.6. The summed E-state index contributed by atoms with van der Waals surface area (Å²) in [6, 6.07) is 8.26. The quantitative estimate of drug-likeness (QED) is 0.906. The summed E-state index contributed by atoms with van der Waals surface area (Å²) in [5.74, 6) is 1.79. The van der Waals surface area contributed by atoms with E-state index in [1.807, 2.05) is 0 Å². The van der Waals surface area contributed by atoms with Crippen molar-refractivity contribution in [2.24, 2.45) is 0 Å². The predicted molar refractivity (Wildman–Crippen MR) is 82.0 cm³/mol. The van der Waals surface area contributed by atoms with Crippen LogP contribution in [0.4, 0.5) is 0 Å². The number of nitrogens with zero attached hydrogens (tertiary/aromatic N) is 1. The average Bonchev–Trinajstić information content (AvgIpc) is 2.85. The first kappa shape index (κ1) is 13.4. The highest BCUT2D eigenvalue weighted by Gasteiger charge is 2.31. The summed E-state index contributed by atoms with van der Waals surface area (Å²) in [5.41, 5.74) is 1.33. The Morgan fingerprint density at radius 3 is 2.81 bits per heavy atom. The van der Waals surface area contributed by atoms with Crippen LogP contribution in [-0.2, 0) is 0 Å². The van der Waals surface area contributed by atoms with Crippen LogP contribution in [-0.4, -0.2) is 43.3 Å². The van der Waals surface area contributed by atoms with E-state index in [0.29, 0.717) is 25.3 Å². The van der Waals surface area contributed by atoms with Crippen molar-refractivity contribution in [2.75, 3.05) is 26.3 Å². The van der Waals surface area contributed by atoms with Crippen LogP contribution in [0.2, 0.25) is 0 Å². The van der Waals surface area contributed by atoms with Gasteiger partial charge in [0.1, 0.15) is 13.2 Å². The molecule has 0 aromatic heterocycles. The van der Waals surface area contributed by atoms with Crippen LogP contribution in [0.25, 0.3) is 0 Å². The molecule has 4 heteroatoms. The van der Waals surface area contributed by atoms with E-state index in [9.17, 15) is 0 Å². The second-order valence-corrected chi connectivity index (χ2v) is 6.50. The summed E-state index contributed by atoms with van der Waals surface area (Å²) in [5, 5.41) is 3.75. The molecule has 0 aliphatic carbocycles. The molecule has 0 radical (unpaired) electrons. The van der Waals surface area contributed by atoms with Gasteiger partial charge in [-0.25, -0.2) is 0 Å². The van der Waals surface area contributed by atoms with Gasteiger partial charge >= 0.3 is 0 Å². The van der Waals surface area contributed by atoms with Crippen molar-refractivity contribution in [1.29, 1.82) is 0 Å². The molecule has 2 saturated heterocycles. The highest BCUT2D eigenvalue weighted by molar-refractivity contribution is 5.44. The molecule has 21 heavy (non-hydrogen) atoms. The molecule has 4 nitrogen and oxygen atoms in total. The van der Waals surface area contributed by atoms with Gasteiger partial charge in [-0.1, -0.05) is 6.07 Å². The van der Waals surface area contributed by atoms with Crippen LogP contribution >= 0.6 is 0 Å². The Hall–Kier alpha value is -1.26. The number of rotatable bonds is 2. The Balaban J connectivity index is 1.52. The topological polar surface area (TPSA) is 33.7 Å². The second kappa shape index (κ2) is 5.50. The Morgan fingerprint density at radius 1 is 1.10 bits per heavy atom. The Labute approximate surface area is 126 Å². The van der Waals surface area contributed by atoms with Crippen molar-refractivity contribution >= 4 is 0 Å². The van der Waals surface area contributed by atoms with Crippen molar-refractivity contribution in [1.82, 2.24) is 10.2 Å². The van der Waals surface area contributed by atoms with Crippen LogP contribution in [0, 0.1) is 0 Å². The summed E-state index contributed by atoms with van der Waals surface area (Å²) in [4.78, 5) is 2.61. The Bertz CT molecular complexity index is 520. The molecule has 1 aromatic carbocycles. The fourth-order valence-corrected chi connectivity index (χ4v) is 3.85. The molecule has 3 unspecified atom stereocenters. The summed E-state index contributed by atoms with van der Waals surface area (Å²) in [6.07, 6.45) is 3.96. The fraction of sp³-hybridized carbons (Fsp3) is 0.647. The fourth-order valence-electron chi connectivity index (χ4n) is 3.85. The number of ether oxygens (including phenoxy) is 2. The Kier molecular flexibility index (Phi) is 3.51. The smallest absolute Gasteiger partial charge is 0.161 e. The van der Waals surface area contributed by atoms with Gasteiger partial charge in [-0.05, 0) is 43.9 Å². The van der Waals surface area contributed by atoms with Gasteiger partial charge < -0.3 is 14.8 Å². The lowest BCUT2D eigenvalue weighted by Gasteiger charge is -2.31. The molecule has 3 aliphatic heterocycles. The highest BCUT2D eigenvalue weighted by Crippen LogP contribution is 2.35. The summed E-state index contributed by atoms with van der Waals surface area (Å²) < 4.78 is 11.3. The number of benzene rings is 1. The maximum absolute atomic E-state index is 5.72. The molecule has 114 valence electrons. The molecule has 2 fully saturated rings. The van der Waals surface area contributed by atoms with Crippen molar-refractivity contribution < 1.29 is 9.47 Å². The average molecular weight is 288 g/mol. The normalized spacial score (nSPS) is 30.0. The van der Waals surface area contributed by atoms with Gasteiger partial charge in [-0.2, -0.15) is 0 Å². The van der Waals surface area contributed by atoms with E-state index in [1.54, 1.807) is 0 Å². The molecule has 1 aromatic rings. The van der Waals surface area contributed by atoms with Crippen LogP contribution in [0.5, 0.6) is 11.5 Å². The molecule has 0 spiro atoms. The first-order valence-electron chi connectivity index (χ1n) is 8.19. The van der Waals surface area contributed by atoms with E-state index in [4.69, 9.17) is 9.47 Å². The van der Waals surface area contributed by atoms with E-state index >= 15 is 0 Å². The SMILES string of the molecule is CC(c1ccc2c(c1)OCCO2)N1CCC2CCC(C1)N2. The van der Waals surface area contributed by atoms with Crippen molar-refractivity contribution in [2.45, 2.75) is 44.3 Å². The van der Waals surface area contributed by atoms with E-state index in [2.05, 4.69) is 35.3 Å². The standard InChI is InChI=1S/C17H24N2O2/c1-12(19-7-6-14-3-4-15(11-19)18-14)13-2-5-16-17(10-13)21-9-8-20-16/h2,5,10,12,14-15,18H,3-4,6-9,11H2,1H3. The van der Waals surface area contributed by atoms with Crippen LogP contribution in [0.1, 0.15) is 37.8 Å². The van der Waals surface area contributed by atoms with Gasteiger partial charge in [0.05, 0.1) is 0 Å². The number of hydrogen-bond acceptors (Lipinski definition) is 4. The summed E-state index contributed by atoms with van der Waals surface area (Å²) >= 11 is 0. The molecular weight excluding hydrogens is 264 g/mol. The number of nitrogens with one attached hydrogen (secondary N) is 1. The molecule has 3 atom stereocenters. The Morgan fingerprint density at radius 2 is 1.90 bits per heavy atom. The van der Waals surface area contributed by atoms with Crippen molar-refractivity contribution in [3.05, 3.63) is 23.8 Å². The zero-order valence-electron chi connectivity index (χ0n) is 12.7. The molecule has 3 heterocycles. The third-order valence-electron chi connectivity index (χ3n) is 5.15. The number of hydrogen-bond donors (Lipinski definition) is 1. The van der Waals surface area contributed by atoms with Crippen LogP contribution in [0.15, 0.2) is 18.2 Å². The van der Waals surface area contributed by atoms with E-state index in [1.165, 1.54) is 31.4 Å². The third kappa shape index (κ3) is 2.62. The van der Waals surface area contributed by atoms with Crippen LogP contribution < -0.4 is 14.8 Å². The van der Waals surface area contributed by atoms with Crippen molar-refractivity contribution in [3.63, 3.8) is 0 Å². The minimum atomic E-state index is 0.432. The molecule has 0 saturated carbocycles. The van der Waals surface area contributed by atoms with Gasteiger partial charge in [0.25, 0.3) is 0 Å². The maximum atomic E-state index is 5.72. The number of likely N-dealkylation sites (tertiary alicyclic amines) is 1. The second-order valence-electron chi connectivity index (χ2n) is 6.50. The van der Waals surface area contributed by atoms with E-state index < -0.39 is 0 Å². The molecular formula is C17H24N2O2. The minimum absolute atomic E-state index is 0.432. The van der Waals surface area contributed by atoms with Gasteiger partial charge in [0.2, 0.25) is 0 Å². The lowest BCUT2D eigenvalue weighted by molar-refractivity contribution is 0.169. The minimum Gasteiger partial charge on any atom is -0.486 e. The van der Waals surface area contributed by atoms with E-state index in [0.717, 1.165) is 24.1 Å². The summed E-state index contributed by atoms with van der Waals surface area (Å²) in [6.45, 7) is 5.96. The van der Waals surface area contributed by atoms with Gasteiger partial charge in [0.15, 0.2) is 11.5 Å². The molecule has 2 bridgehead atoms. The lowest BCUT2D eigenvalue weighted by Crippen LogP contribution is -2.36. The zero-order valence-corrected chi connectivity index (χ0v) is 12.7. The monoisotopic (exact) mass is 288 g/mol. The van der Waals surface area contributed by atoms with Gasteiger partial charge in [-0.3, -0.25) is 4.90 Å². The first-order chi connectivity index (χ1) is 10.3. The van der Waals surface area contributed by atoms with Crippen LogP contribution in [0.3, 0.4) is 0 Å². The third-order valence-corrected chi connectivity index (χ3v) is 5.15. The molecule has 4 rings (SSSR count). The predicted octanol–water partition coefficient (Wildman–Crippen LogP) is 2.35. The lowest BCUT2D eigenvalue weighted by atomic mass is 10.0. The van der Waals surface area contributed by atoms with Gasteiger partial charge in [-0.15, -0.1) is 0 Å². The molecule has 0 amide bonds. The molecule has 3 aliphatic rings. The van der Waals surface area contributed by atoms with Gasteiger partial charge in [0, 0.05) is 31.2 Å². The maximum Gasteiger partial charge on any atom is 0.161 e. The van der Waals surface area contributed by atoms with Crippen molar-refractivity contribution in [3.8, 4) is 11.5 Å². The summed E-state index contributed by atoms with van der Waals surface area (Å²) in [7, 11) is 0. The number of fused-ring (bicyclic) bond motifs is 3. The first-order valence-corrected chi connectivity index (χ1v) is 8.19. The zero-order chi connectivity index (χ0) is 14.2. The molecule has 1 N–H and O–H groups in total.